The highest BCUT2D eigenvalue weighted by atomic mass is 16.5. The van der Waals surface area contributed by atoms with Gasteiger partial charge in [-0.1, -0.05) is 12.2 Å². The average Bonchev–Trinajstić information content (AvgIpc) is 2.97. The summed E-state index contributed by atoms with van der Waals surface area (Å²) in [5, 5.41) is 23.0. The summed E-state index contributed by atoms with van der Waals surface area (Å²) in [6, 6.07) is 3.56. The third kappa shape index (κ3) is 7.10. The first-order valence-corrected chi connectivity index (χ1v) is 15.2. The van der Waals surface area contributed by atoms with Gasteiger partial charge in [0.05, 0.1) is 38.0 Å². The van der Waals surface area contributed by atoms with Crippen molar-refractivity contribution in [3.8, 4) is 6.07 Å². The van der Waals surface area contributed by atoms with Crippen LogP contribution in [-0.4, -0.2) is 124 Å². The van der Waals surface area contributed by atoms with Crippen LogP contribution in [0.4, 0.5) is 0 Å². The van der Waals surface area contributed by atoms with Crippen LogP contribution in [0.25, 0.3) is 0 Å². The standard InChI is InChI=1S/C29H43N9O3/c30-16-22-15-21(1-6-26(22)41-14-13-36-8-7-31-27(39)17-36)28-32-20-33-29(35-28)34-23-2-4-24(5-3-23)37-9-11-38(12-10-37)25-18-40-19-25/h2,6,15,21,24-25,29,33-34H,1,3-5,7-14,17-20H2,(H,31,39)(H,32,35)/t21-,24+,29-/m1/s1. The highest BCUT2D eigenvalue weighted by Crippen LogP contribution is 2.26. The van der Waals surface area contributed by atoms with Gasteiger partial charge >= 0.3 is 0 Å². The molecule has 0 aromatic heterocycles. The number of ether oxygens (including phenoxy) is 2. The van der Waals surface area contributed by atoms with Crippen molar-refractivity contribution in [2.45, 2.75) is 44.1 Å². The van der Waals surface area contributed by atoms with Crippen LogP contribution in [-0.2, 0) is 14.3 Å². The Labute approximate surface area is 242 Å². The zero-order valence-electron chi connectivity index (χ0n) is 23.8. The fourth-order valence-corrected chi connectivity index (χ4v) is 6.42. The van der Waals surface area contributed by atoms with Gasteiger partial charge in [0.25, 0.3) is 0 Å². The maximum Gasteiger partial charge on any atom is 0.234 e. The largest absolute Gasteiger partial charge is 0.491 e. The van der Waals surface area contributed by atoms with E-state index in [2.05, 4.69) is 48.1 Å². The third-order valence-corrected chi connectivity index (χ3v) is 8.99. The number of nitrogens with zero attached hydrogens (tertiary/aromatic N) is 5. The van der Waals surface area contributed by atoms with Crippen molar-refractivity contribution in [2.24, 2.45) is 10.9 Å². The van der Waals surface area contributed by atoms with Crippen molar-refractivity contribution < 1.29 is 14.3 Å². The predicted octanol–water partition coefficient (Wildman–Crippen LogP) is -0.337. The Morgan fingerprint density at radius 3 is 2.63 bits per heavy atom. The number of amides is 1. The number of carbonyl (C=O) groups is 1. The first-order valence-electron chi connectivity index (χ1n) is 15.2. The minimum atomic E-state index is -0.190. The lowest BCUT2D eigenvalue weighted by Crippen LogP contribution is -2.58. The predicted molar refractivity (Wildman–Crippen MR) is 154 cm³/mol. The molecule has 4 heterocycles. The van der Waals surface area contributed by atoms with E-state index in [4.69, 9.17) is 14.5 Å². The van der Waals surface area contributed by atoms with Gasteiger partial charge < -0.3 is 25.4 Å². The van der Waals surface area contributed by atoms with Crippen molar-refractivity contribution in [1.82, 2.24) is 36.0 Å². The Kier molecular flexibility index (Phi) is 9.18. The summed E-state index contributed by atoms with van der Waals surface area (Å²) >= 11 is 0. The number of rotatable bonds is 9. The fraction of sp³-hybridized carbons (Fsp3) is 0.690. The van der Waals surface area contributed by atoms with E-state index in [-0.39, 0.29) is 18.1 Å². The van der Waals surface area contributed by atoms with Crippen LogP contribution in [0.1, 0.15) is 25.7 Å². The van der Waals surface area contributed by atoms with E-state index >= 15 is 0 Å². The molecule has 41 heavy (non-hydrogen) atoms. The van der Waals surface area contributed by atoms with Crippen molar-refractivity contribution in [2.75, 3.05) is 78.8 Å². The van der Waals surface area contributed by atoms with Gasteiger partial charge in [-0.05, 0) is 31.8 Å². The highest BCUT2D eigenvalue weighted by molar-refractivity contribution is 5.87. The van der Waals surface area contributed by atoms with Crippen molar-refractivity contribution in [3.05, 3.63) is 35.3 Å². The van der Waals surface area contributed by atoms with E-state index < -0.39 is 0 Å². The molecule has 1 amide bonds. The number of allylic oxidation sites excluding steroid dienone is 3. The van der Waals surface area contributed by atoms with Gasteiger partial charge in [-0.3, -0.25) is 24.8 Å². The number of hydrogen-bond acceptors (Lipinski definition) is 11. The van der Waals surface area contributed by atoms with Gasteiger partial charge in [-0.25, -0.2) is 4.99 Å². The summed E-state index contributed by atoms with van der Waals surface area (Å²) < 4.78 is 11.3. The number of carbonyl (C=O) groups excluding carboxylic acids is 1. The molecule has 6 rings (SSSR count). The van der Waals surface area contributed by atoms with Gasteiger partial charge in [0.15, 0.2) is 6.29 Å². The van der Waals surface area contributed by atoms with E-state index in [0.717, 1.165) is 71.0 Å². The smallest absolute Gasteiger partial charge is 0.234 e. The second-order valence-corrected chi connectivity index (χ2v) is 11.6. The molecule has 2 aliphatic carbocycles. The molecule has 3 fully saturated rings. The number of nitrogens with one attached hydrogen (secondary N) is 4. The molecule has 6 aliphatic rings. The zero-order valence-corrected chi connectivity index (χ0v) is 23.8. The molecule has 12 nitrogen and oxygen atoms in total. The van der Waals surface area contributed by atoms with Crippen LogP contribution < -0.4 is 21.3 Å². The van der Waals surface area contributed by atoms with Crippen LogP contribution >= 0.6 is 0 Å². The molecule has 0 bridgehead atoms. The van der Waals surface area contributed by atoms with Gasteiger partial charge in [-0.15, -0.1) is 0 Å². The Hall–Kier alpha value is -2.95. The van der Waals surface area contributed by atoms with Crippen LogP contribution in [0.5, 0.6) is 0 Å². The number of nitriles is 1. The second-order valence-electron chi connectivity index (χ2n) is 11.6. The van der Waals surface area contributed by atoms with E-state index in [1.54, 1.807) is 0 Å². The summed E-state index contributed by atoms with van der Waals surface area (Å²) in [6.07, 6.45) is 10.1. The topological polar surface area (TPSA) is 130 Å². The lowest BCUT2D eigenvalue weighted by molar-refractivity contribution is -0.124. The molecule has 222 valence electrons. The normalized spacial score (nSPS) is 30.4. The SMILES string of the molecule is N#CC1=C[C@H](C2=N[C@@H](NC3=CC[C@H](N4CCN(C5COC5)CC4)CC3)NCN2)CC=C1OCCN1CCNC(=O)C1. The summed E-state index contributed by atoms with van der Waals surface area (Å²) in [4.78, 5) is 23.8. The molecule has 4 N–H and O–H groups in total. The monoisotopic (exact) mass is 565 g/mol. The van der Waals surface area contributed by atoms with E-state index in [1.165, 1.54) is 12.1 Å². The Morgan fingerprint density at radius 2 is 1.93 bits per heavy atom. The summed E-state index contributed by atoms with van der Waals surface area (Å²) in [5.41, 5.74) is 1.79. The summed E-state index contributed by atoms with van der Waals surface area (Å²) in [5.74, 6) is 1.55. The molecule has 0 saturated carbocycles. The zero-order chi connectivity index (χ0) is 28.0. The number of piperazine rings is 2. The maximum atomic E-state index is 11.6. The molecule has 0 spiro atoms. The van der Waals surface area contributed by atoms with Crippen LogP contribution in [0.3, 0.4) is 0 Å². The van der Waals surface area contributed by atoms with Gasteiger partial charge in [0, 0.05) is 63.5 Å². The van der Waals surface area contributed by atoms with E-state index in [1.807, 2.05) is 12.2 Å². The second kappa shape index (κ2) is 13.4. The highest BCUT2D eigenvalue weighted by Gasteiger charge is 2.32. The first kappa shape index (κ1) is 28.2. The van der Waals surface area contributed by atoms with Gasteiger partial charge in [-0.2, -0.15) is 5.26 Å². The Bertz CT molecular complexity index is 1120. The van der Waals surface area contributed by atoms with Gasteiger partial charge in [0.1, 0.15) is 24.3 Å². The third-order valence-electron chi connectivity index (χ3n) is 8.99. The quantitative estimate of drug-likeness (QED) is 0.295. The molecule has 3 saturated heterocycles. The molecular formula is C29H43N9O3. The molecule has 0 aromatic carbocycles. The Morgan fingerprint density at radius 1 is 1.10 bits per heavy atom. The van der Waals surface area contributed by atoms with Gasteiger partial charge in [0.2, 0.25) is 5.91 Å². The lowest BCUT2D eigenvalue weighted by atomic mass is 9.94. The van der Waals surface area contributed by atoms with E-state index in [0.29, 0.717) is 56.3 Å². The number of aliphatic imine (C=N–C) groups is 1. The summed E-state index contributed by atoms with van der Waals surface area (Å²) in [7, 11) is 0. The van der Waals surface area contributed by atoms with Crippen molar-refractivity contribution in [1.29, 1.82) is 5.26 Å². The molecule has 3 atom stereocenters. The van der Waals surface area contributed by atoms with Crippen LogP contribution in [0, 0.1) is 17.2 Å². The molecular weight excluding hydrogens is 522 g/mol. The fourth-order valence-electron chi connectivity index (χ4n) is 6.42. The molecule has 12 heteroatoms. The average molecular weight is 566 g/mol. The molecule has 0 unspecified atom stereocenters. The first-order chi connectivity index (χ1) is 20.1. The summed E-state index contributed by atoms with van der Waals surface area (Å²) in [6.45, 7) is 10.0. The van der Waals surface area contributed by atoms with Crippen molar-refractivity contribution >= 4 is 11.7 Å². The van der Waals surface area contributed by atoms with Crippen LogP contribution in [0.15, 0.2) is 40.2 Å². The minimum absolute atomic E-state index is 0.00377. The Balaban J connectivity index is 0.968. The van der Waals surface area contributed by atoms with E-state index in [9.17, 15) is 10.1 Å². The number of hydrogen-bond donors (Lipinski definition) is 4. The maximum absolute atomic E-state index is 11.6. The molecule has 0 radical (unpaired) electrons. The number of amidine groups is 1. The molecule has 0 aromatic rings. The van der Waals surface area contributed by atoms with Crippen LogP contribution in [0.2, 0.25) is 0 Å². The lowest BCUT2D eigenvalue weighted by Gasteiger charge is -2.45. The molecule has 4 aliphatic heterocycles. The minimum Gasteiger partial charge on any atom is -0.491 e. The van der Waals surface area contributed by atoms with Crippen molar-refractivity contribution in [3.63, 3.8) is 0 Å².